The van der Waals surface area contributed by atoms with Crippen molar-refractivity contribution in [1.82, 2.24) is 0 Å². The Bertz CT molecular complexity index is 581. The van der Waals surface area contributed by atoms with Crippen molar-refractivity contribution < 1.29 is 13.2 Å². The summed E-state index contributed by atoms with van der Waals surface area (Å²) in [4.78, 5) is 11.9. The summed E-state index contributed by atoms with van der Waals surface area (Å²) >= 11 is 0. The lowest BCUT2D eigenvalue weighted by Crippen LogP contribution is -2.17. The molecule has 0 radical (unpaired) electrons. The molecule has 1 aromatic rings. The van der Waals surface area contributed by atoms with Gasteiger partial charge in [-0.2, -0.15) is 0 Å². The molecule has 0 heterocycles. The van der Waals surface area contributed by atoms with Crippen molar-refractivity contribution in [3.05, 3.63) is 67.3 Å². The van der Waals surface area contributed by atoms with Gasteiger partial charge in [-0.15, -0.1) is 0 Å². The van der Waals surface area contributed by atoms with E-state index in [0.717, 1.165) is 0 Å². The Balaban J connectivity index is 2.98. The summed E-state index contributed by atoms with van der Waals surface area (Å²) in [6.07, 6.45) is 4.18. The van der Waals surface area contributed by atoms with Gasteiger partial charge in [0.1, 0.15) is 5.75 Å². The lowest BCUT2D eigenvalue weighted by Gasteiger charge is -2.04. The maximum absolute atomic E-state index is 12.0. The second kappa shape index (κ2) is 6.12. The van der Waals surface area contributed by atoms with Crippen molar-refractivity contribution in [3.8, 4) is 0 Å². The van der Waals surface area contributed by atoms with Crippen LogP contribution < -0.4 is 0 Å². The minimum atomic E-state index is -3.61. The van der Waals surface area contributed by atoms with Crippen molar-refractivity contribution in [2.45, 2.75) is 4.90 Å². The highest BCUT2D eigenvalue weighted by Crippen LogP contribution is 2.12. The highest BCUT2D eigenvalue weighted by Gasteiger charge is 2.20. The molecule has 0 spiro atoms. The minimum absolute atomic E-state index is 0.139. The van der Waals surface area contributed by atoms with Crippen LogP contribution in [0.15, 0.2) is 72.2 Å². The fourth-order valence-corrected chi connectivity index (χ4v) is 2.62. The fourth-order valence-electron chi connectivity index (χ4n) is 1.37. The Hall–Kier alpha value is -1.94. The second-order valence-corrected chi connectivity index (χ2v) is 5.55. The number of rotatable bonds is 6. The average molecular weight is 262 g/mol. The predicted molar refractivity (Wildman–Crippen MR) is 72.0 cm³/mol. The largest absolute Gasteiger partial charge is 0.293 e. The molecule has 0 aliphatic heterocycles. The molecule has 0 unspecified atom stereocenters. The molecule has 3 nitrogen and oxygen atoms in total. The van der Waals surface area contributed by atoms with Gasteiger partial charge in [0.05, 0.1) is 4.90 Å². The zero-order chi connectivity index (χ0) is 13.6. The summed E-state index contributed by atoms with van der Waals surface area (Å²) in [5, 5.41) is 0. The van der Waals surface area contributed by atoms with E-state index in [1.54, 1.807) is 18.2 Å². The summed E-state index contributed by atoms with van der Waals surface area (Å²) in [6.45, 7) is 6.93. The zero-order valence-corrected chi connectivity index (χ0v) is 10.7. The topological polar surface area (TPSA) is 51.2 Å². The molecule has 0 atom stereocenters. The van der Waals surface area contributed by atoms with Crippen molar-refractivity contribution in [3.63, 3.8) is 0 Å². The van der Waals surface area contributed by atoms with Crippen LogP contribution in [0.1, 0.15) is 0 Å². The first kappa shape index (κ1) is 14.1. The maximum Gasteiger partial charge on any atom is 0.185 e. The Morgan fingerprint density at radius 2 is 1.78 bits per heavy atom. The Morgan fingerprint density at radius 1 is 1.17 bits per heavy atom. The number of allylic oxidation sites excluding steroid dienone is 4. The molecule has 0 fully saturated rings. The van der Waals surface area contributed by atoms with Crippen molar-refractivity contribution >= 4 is 15.6 Å². The van der Waals surface area contributed by atoms with E-state index in [1.807, 2.05) is 0 Å². The van der Waals surface area contributed by atoms with Gasteiger partial charge >= 0.3 is 0 Å². The van der Waals surface area contributed by atoms with E-state index in [1.165, 1.54) is 30.4 Å². The van der Waals surface area contributed by atoms with Crippen LogP contribution in [0.25, 0.3) is 0 Å². The first-order valence-corrected chi connectivity index (χ1v) is 6.92. The van der Waals surface area contributed by atoms with Crippen LogP contribution in [0.5, 0.6) is 0 Å². The zero-order valence-electron chi connectivity index (χ0n) is 9.87. The molecule has 4 heteroatoms. The second-order valence-electron chi connectivity index (χ2n) is 3.56. The van der Waals surface area contributed by atoms with Crippen LogP contribution in [0, 0.1) is 0 Å². The lowest BCUT2D eigenvalue weighted by molar-refractivity contribution is -0.113. The molecule has 1 aromatic carbocycles. The molecule has 0 bridgehead atoms. The quantitative estimate of drug-likeness (QED) is 0.584. The van der Waals surface area contributed by atoms with Crippen molar-refractivity contribution in [2.24, 2.45) is 0 Å². The first-order valence-electron chi connectivity index (χ1n) is 5.27. The normalized spacial score (nSPS) is 11.9. The number of hydrogen-bond donors (Lipinski definition) is 0. The third kappa shape index (κ3) is 3.53. The molecule has 0 saturated heterocycles. The number of ketones is 1. The summed E-state index contributed by atoms with van der Waals surface area (Å²) < 4.78 is 23.9. The molecule has 94 valence electrons. The summed E-state index contributed by atoms with van der Waals surface area (Å²) in [5.74, 6) is -1.06. The molecule has 0 aromatic heterocycles. The van der Waals surface area contributed by atoms with E-state index in [0.29, 0.717) is 0 Å². The van der Waals surface area contributed by atoms with Gasteiger partial charge in [-0.05, 0) is 12.1 Å². The van der Waals surface area contributed by atoms with Crippen molar-refractivity contribution in [1.29, 1.82) is 0 Å². The van der Waals surface area contributed by atoms with Crippen LogP contribution >= 0.6 is 0 Å². The van der Waals surface area contributed by atoms with E-state index >= 15 is 0 Å². The number of benzene rings is 1. The SMILES string of the molecule is C=C/C=C(\C=C)C(=O)CS(=O)(=O)c1ccccc1. The first-order chi connectivity index (χ1) is 8.51. The Morgan fingerprint density at radius 3 is 2.28 bits per heavy atom. The van der Waals surface area contributed by atoms with E-state index in [9.17, 15) is 13.2 Å². The van der Waals surface area contributed by atoms with Crippen LogP contribution in [0.3, 0.4) is 0 Å². The molecule has 1 rings (SSSR count). The molecule has 0 amide bonds. The van der Waals surface area contributed by atoms with Gasteiger partial charge in [-0.1, -0.05) is 49.6 Å². The third-order valence-corrected chi connectivity index (χ3v) is 3.90. The number of carbonyl (C=O) groups is 1. The molecule has 0 N–H and O–H groups in total. The van der Waals surface area contributed by atoms with Crippen LogP contribution in [-0.2, 0) is 14.6 Å². The van der Waals surface area contributed by atoms with Gasteiger partial charge in [-0.25, -0.2) is 8.42 Å². The molecule has 0 saturated carbocycles. The molecule has 18 heavy (non-hydrogen) atoms. The summed E-state index contributed by atoms with van der Waals surface area (Å²) in [7, 11) is -3.61. The van der Waals surface area contributed by atoms with Gasteiger partial charge in [-0.3, -0.25) is 4.79 Å². The molecule has 0 aliphatic carbocycles. The van der Waals surface area contributed by atoms with E-state index < -0.39 is 21.4 Å². The molecular weight excluding hydrogens is 248 g/mol. The maximum atomic E-state index is 12.0. The summed E-state index contributed by atoms with van der Waals surface area (Å²) in [6, 6.07) is 7.88. The highest BCUT2D eigenvalue weighted by molar-refractivity contribution is 7.92. The monoisotopic (exact) mass is 262 g/mol. The predicted octanol–water partition coefficient (Wildman–Crippen LogP) is 2.33. The van der Waals surface area contributed by atoms with Gasteiger partial charge in [0.25, 0.3) is 0 Å². The van der Waals surface area contributed by atoms with Gasteiger partial charge in [0, 0.05) is 5.57 Å². The van der Waals surface area contributed by atoms with Crippen LogP contribution in [0.4, 0.5) is 0 Å². The lowest BCUT2D eigenvalue weighted by atomic mass is 10.2. The minimum Gasteiger partial charge on any atom is -0.293 e. The fraction of sp³-hybridized carbons (Fsp3) is 0.0714. The third-order valence-electron chi connectivity index (χ3n) is 2.26. The van der Waals surface area contributed by atoms with Gasteiger partial charge < -0.3 is 0 Å². The van der Waals surface area contributed by atoms with Crippen LogP contribution in [-0.4, -0.2) is 20.0 Å². The van der Waals surface area contributed by atoms with Gasteiger partial charge in [0.2, 0.25) is 0 Å². The van der Waals surface area contributed by atoms with Crippen LogP contribution in [0.2, 0.25) is 0 Å². The summed E-state index contributed by atoms with van der Waals surface area (Å²) in [5.41, 5.74) is 0.240. The number of hydrogen-bond acceptors (Lipinski definition) is 3. The smallest absolute Gasteiger partial charge is 0.185 e. The number of Topliss-reactive ketones (excluding diaryl/α,β-unsaturated/α-hetero) is 1. The molecule has 0 aliphatic rings. The Kier molecular flexibility index (Phi) is 4.80. The van der Waals surface area contributed by atoms with E-state index in [-0.39, 0.29) is 10.5 Å². The van der Waals surface area contributed by atoms with Gasteiger partial charge in [0.15, 0.2) is 15.6 Å². The average Bonchev–Trinajstić information content (AvgIpc) is 2.36. The van der Waals surface area contributed by atoms with Crippen molar-refractivity contribution in [2.75, 3.05) is 5.75 Å². The highest BCUT2D eigenvalue weighted by atomic mass is 32.2. The van der Waals surface area contributed by atoms with E-state index in [2.05, 4.69) is 13.2 Å². The molecular formula is C14H14O3S. The number of carbonyl (C=O) groups excluding carboxylic acids is 1. The Labute approximate surface area is 107 Å². The standard InChI is InChI=1S/C14H14O3S/c1-3-8-12(4-2)14(15)11-18(16,17)13-9-6-5-7-10-13/h3-10H,1-2,11H2/b12-8+. The van der Waals surface area contributed by atoms with E-state index in [4.69, 9.17) is 0 Å². The number of sulfone groups is 1.